The number of H-pyrrole nitrogens is 1. The number of fused-ring (bicyclic) bond motifs is 1. The summed E-state index contributed by atoms with van der Waals surface area (Å²) in [5.74, 6) is -0.145. The van der Waals surface area contributed by atoms with Crippen LogP contribution in [0.2, 0.25) is 0 Å². The first-order chi connectivity index (χ1) is 14.0. The predicted molar refractivity (Wildman–Crippen MR) is 111 cm³/mol. The van der Waals surface area contributed by atoms with Crippen LogP contribution in [0.4, 0.5) is 17.3 Å². The molecule has 1 amide bonds. The number of nitro groups is 1. The summed E-state index contributed by atoms with van der Waals surface area (Å²) < 4.78 is 0. The van der Waals surface area contributed by atoms with Crippen LogP contribution < -0.4 is 10.2 Å². The topological polar surface area (TPSA) is 107 Å². The first-order valence-electron chi connectivity index (χ1n) is 9.57. The summed E-state index contributed by atoms with van der Waals surface area (Å²) in [4.78, 5) is 35.5. The third-order valence-electron chi connectivity index (χ3n) is 5.22. The molecule has 0 bridgehead atoms. The van der Waals surface area contributed by atoms with E-state index in [9.17, 15) is 14.9 Å². The molecule has 0 unspecified atom stereocenters. The SMILES string of the molecule is CCN1CCN(c2ccc(C(=O)Nc3nc4ccccc4[nH]3)cc2[N+](=O)[O-])CC1. The molecule has 2 aromatic carbocycles. The number of amides is 1. The Morgan fingerprint density at radius 3 is 2.66 bits per heavy atom. The third kappa shape index (κ3) is 3.90. The molecule has 1 aliphatic rings. The monoisotopic (exact) mass is 394 g/mol. The van der Waals surface area contributed by atoms with Gasteiger partial charge in [-0.1, -0.05) is 19.1 Å². The van der Waals surface area contributed by atoms with Crippen molar-refractivity contribution in [3.8, 4) is 0 Å². The van der Waals surface area contributed by atoms with Crippen LogP contribution in [0, 0.1) is 10.1 Å². The van der Waals surface area contributed by atoms with Gasteiger partial charge in [-0.05, 0) is 30.8 Å². The van der Waals surface area contributed by atoms with Gasteiger partial charge in [0.25, 0.3) is 11.6 Å². The largest absolute Gasteiger partial charge is 0.363 e. The fourth-order valence-electron chi connectivity index (χ4n) is 3.58. The van der Waals surface area contributed by atoms with Crippen molar-refractivity contribution >= 4 is 34.3 Å². The van der Waals surface area contributed by atoms with Crippen LogP contribution in [-0.4, -0.2) is 58.4 Å². The molecule has 3 aromatic rings. The number of benzene rings is 2. The highest BCUT2D eigenvalue weighted by atomic mass is 16.6. The Hall–Kier alpha value is -3.46. The van der Waals surface area contributed by atoms with E-state index >= 15 is 0 Å². The number of imidazole rings is 1. The van der Waals surface area contributed by atoms with Gasteiger partial charge in [-0.2, -0.15) is 0 Å². The number of piperazine rings is 1. The first kappa shape index (κ1) is 18.9. The lowest BCUT2D eigenvalue weighted by molar-refractivity contribution is -0.384. The number of aromatic nitrogens is 2. The van der Waals surface area contributed by atoms with E-state index in [0.29, 0.717) is 11.6 Å². The maximum atomic E-state index is 12.6. The second-order valence-corrected chi connectivity index (χ2v) is 6.94. The number of nitrogens with zero attached hydrogens (tertiary/aromatic N) is 4. The summed E-state index contributed by atoms with van der Waals surface area (Å²) in [6.07, 6.45) is 0. The van der Waals surface area contributed by atoms with Gasteiger partial charge in [-0.15, -0.1) is 0 Å². The molecule has 0 spiro atoms. The van der Waals surface area contributed by atoms with Crippen molar-refractivity contribution in [3.63, 3.8) is 0 Å². The number of aromatic amines is 1. The zero-order valence-corrected chi connectivity index (χ0v) is 16.1. The zero-order valence-electron chi connectivity index (χ0n) is 16.1. The van der Waals surface area contributed by atoms with E-state index in [0.717, 1.165) is 43.8 Å². The molecule has 9 nitrogen and oxygen atoms in total. The van der Waals surface area contributed by atoms with Crippen LogP contribution in [0.15, 0.2) is 42.5 Å². The number of nitrogens with one attached hydrogen (secondary N) is 2. The van der Waals surface area contributed by atoms with Crippen LogP contribution in [0.5, 0.6) is 0 Å². The zero-order chi connectivity index (χ0) is 20.4. The molecule has 9 heteroatoms. The molecule has 1 aliphatic heterocycles. The van der Waals surface area contributed by atoms with Gasteiger partial charge < -0.3 is 14.8 Å². The van der Waals surface area contributed by atoms with Gasteiger partial charge in [0.1, 0.15) is 5.69 Å². The van der Waals surface area contributed by atoms with Gasteiger partial charge in [-0.25, -0.2) is 4.98 Å². The van der Waals surface area contributed by atoms with E-state index in [1.807, 2.05) is 29.2 Å². The fraction of sp³-hybridized carbons (Fsp3) is 0.300. The van der Waals surface area contributed by atoms with Crippen LogP contribution in [0.3, 0.4) is 0 Å². The summed E-state index contributed by atoms with van der Waals surface area (Å²) in [6, 6.07) is 12.0. The number of hydrogen-bond acceptors (Lipinski definition) is 6. The molecular weight excluding hydrogens is 372 g/mol. The Labute approximate surface area is 167 Å². The lowest BCUT2D eigenvalue weighted by atomic mass is 10.1. The van der Waals surface area contributed by atoms with Gasteiger partial charge >= 0.3 is 0 Å². The molecule has 1 saturated heterocycles. The maximum Gasteiger partial charge on any atom is 0.293 e. The molecule has 1 aromatic heterocycles. The number of nitro benzene ring substituents is 1. The third-order valence-corrected chi connectivity index (χ3v) is 5.22. The van der Waals surface area contributed by atoms with Crippen LogP contribution in [-0.2, 0) is 0 Å². The smallest absolute Gasteiger partial charge is 0.293 e. The van der Waals surface area contributed by atoms with Gasteiger partial charge in [-0.3, -0.25) is 20.2 Å². The Balaban J connectivity index is 1.55. The number of hydrogen-bond donors (Lipinski definition) is 2. The summed E-state index contributed by atoms with van der Waals surface area (Å²) in [7, 11) is 0. The molecule has 0 aliphatic carbocycles. The Morgan fingerprint density at radius 1 is 1.21 bits per heavy atom. The van der Waals surface area contributed by atoms with Crippen LogP contribution in [0.1, 0.15) is 17.3 Å². The number of carbonyl (C=O) groups is 1. The van der Waals surface area contributed by atoms with Crippen LogP contribution >= 0.6 is 0 Å². The van der Waals surface area contributed by atoms with Crippen molar-refractivity contribution in [3.05, 3.63) is 58.1 Å². The molecule has 0 radical (unpaired) electrons. The van der Waals surface area contributed by atoms with E-state index in [1.165, 1.54) is 6.07 Å². The highest BCUT2D eigenvalue weighted by Crippen LogP contribution is 2.30. The Morgan fingerprint density at radius 2 is 1.97 bits per heavy atom. The van der Waals surface area contributed by atoms with Gasteiger partial charge in [0.2, 0.25) is 5.95 Å². The predicted octanol–water partition coefficient (Wildman–Crippen LogP) is 2.87. The van der Waals surface area contributed by atoms with E-state index in [-0.39, 0.29) is 11.3 Å². The molecule has 29 heavy (non-hydrogen) atoms. The van der Waals surface area contributed by atoms with E-state index in [1.54, 1.807) is 12.1 Å². The van der Waals surface area contributed by atoms with E-state index < -0.39 is 10.8 Å². The first-order valence-corrected chi connectivity index (χ1v) is 9.57. The Kier molecular flexibility index (Phi) is 5.13. The normalized spacial score (nSPS) is 14.9. The highest BCUT2D eigenvalue weighted by molar-refractivity contribution is 6.04. The number of rotatable bonds is 5. The quantitative estimate of drug-likeness (QED) is 0.509. The summed E-state index contributed by atoms with van der Waals surface area (Å²) >= 11 is 0. The molecule has 150 valence electrons. The average Bonchev–Trinajstić information content (AvgIpc) is 3.15. The summed E-state index contributed by atoms with van der Waals surface area (Å²) in [6.45, 7) is 6.24. The van der Waals surface area contributed by atoms with Gasteiger partial charge in [0.15, 0.2) is 0 Å². The minimum Gasteiger partial charge on any atom is -0.363 e. The van der Waals surface area contributed by atoms with Crippen molar-refractivity contribution in [1.29, 1.82) is 0 Å². The summed E-state index contributed by atoms with van der Waals surface area (Å²) in [5.41, 5.74) is 2.23. The van der Waals surface area contributed by atoms with Gasteiger partial charge in [0.05, 0.1) is 16.0 Å². The molecular formula is C20H22N6O3. The molecule has 1 fully saturated rings. The van der Waals surface area contributed by atoms with E-state index in [4.69, 9.17) is 0 Å². The molecule has 2 heterocycles. The van der Waals surface area contributed by atoms with Crippen LogP contribution in [0.25, 0.3) is 11.0 Å². The number of anilines is 2. The molecule has 0 saturated carbocycles. The second-order valence-electron chi connectivity index (χ2n) is 6.94. The lowest BCUT2D eigenvalue weighted by Gasteiger charge is -2.35. The van der Waals surface area contributed by atoms with Crippen molar-refractivity contribution in [2.24, 2.45) is 0 Å². The Bertz CT molecular complexity index is 1020. The molecule has 4 rings (SSSR count). The molecule has 0 atom stereocenters. The minimum absolute atomic E-state index is 0.0628. The molecule has 2 N–H and O–H groups in total. The lowest BCUT2D eigenvalue weighted by Crippen LogP contribution is -2.46. The second kappa shape index (κ2) is 7.88. The van der Waals surface area contributed by atoms with Crippen molar-refractivity contribution < 1.29 is 9.72 Å². The number of para-hydroxylation sites is 2. The maximum absolute atomic E-state index is 12.6. The number of likely N-dealkylation sites (N-methyl/N-ethyl adjacent to an activating group) is 1. The standard InChI is InChI=1S/C20H22N6O3/c1-2-24-9-11-25(12-10-24)17-8-7-14(13-18(17)26(28)29)19(27)23-20-21-15-5-3-4-6-16(15)22-20/h3-8,13H,2,9-12H2,1H3,(H2,21,22,23,27). The van der Waals surface area contributed by atoms with E-state index in [2.05, 4.69) is 27.1 Å². The number of carbonyl (C=O) groups excluding carboxylic acids is 1. The highest BCUT2D eigenvalue weighted by Gasteiger charge is 2.25. The minimum atomic E-state index is -0.450. The average molecular weight is 394 g/mol. The fourth-order valence-corrected chi connectivity index (χ4v) is 3.58. The van der Waals surface area contributed by atoms with Crippen molar-refractivity contribution in [2.75, 3.05) is 42.9 Å². The van der Waals surface area contributed by atoms with Crippen molar-refractivity contribution in [2.45, 2.75) is 6.92 Å². The van der Waals surface area contributed by atoms with Gasteiger partial charge in [0, 0.05) is 37.8 Å². The van der Waals surface area contributed by atoms with Crippen molar-refractivity contribution in [1.82, 2.24) is 14.9 Å². The summed E-state index contributed by atoms with van der Waals surface area (Å²) in [5, 5.41) is 14.3.